The van der Waals surface area contributed by atoms with Crippen LogP contribution in [0.4, 0.5) is 0 Å². The zero-order valence-corrected chi connectivity index (χ0v) is 10.6. The second-order valence-corrected chi connectivity index (χ2v) is 4.40. The third-order valence-electron chi connectivity index (χ3n) is 3.04. The number of hydrogen-bond donors (Lipinski definition) is 4. The van der Waals surface area contributed by atoms with Gasteiger partial charge in [-0.1, -0.05) is 0 Å². The van der Waals surface area contributed by atoms with Crippen LogP contribution in [0.5, 0.6) is 0 Å². The minimum absolute atomic E-state index is 0. The molecule has 4 atom stereocenters. The summed E-state index contributed by atoms with van der Waals surface area (Å²) in [6.45, 7) is 0.793. The smallest absolute Gasteiger partial charge is 0.330 e. The number of nitrogens with one attached hydrogen (secondary N) is 1. The Morgan fingerprint density at radius 2 is 2.05 bits per heavy atom. The SMILES string of the molecule is C[C@@]1(O)[C@H](O)[C@@H](CO)O[C@H]1n1ccc(=O)[nH]c1=O.O.O. The van der Waals surface area contributed by atoms with Crippen LogP contribution < -0.4 is 11.2 Å². The summed E-state index contributed by atoms with van der Waals surface area (Å²) in [6, 6.07) is 1.10. The zero-order valence-electron chi connectivity index (χ0n) is 10.6. The largest absolute Gasteiger partial charge is 0.412 e. The summed E-state index contributed by atoms with van der Waals surface area (Å²) in [5.74, 6) is 0. The maximum atomic E-state index is 11.6. The molecule has 1 fully saturated rings. The summed E-state index contributed by atoms with van der Waals surface area (Å²) >= 11 is 0. The Labute approximate surface area is 112 Å². The Hall–Kier alpha value is -1.56. The summed E-state index contributed by atoms with van der Waals surface area (Å²) in [4.78, 5) is 24.5. The molecule has 8 N–H and O–H groups in total. The van der Waals surface area contributed by atoms with Crippen LogP contribution in [0, 0.1) is 0 Å². The molecule has 2 rings (SSSR count). The molecule has 0 aliphatic carbocycles. The molecule has 1 aliphatic heterocycles. The first kappa shape index (κ1) is 18.4. The molecular formula is C10H18N2O8. The van der Waals surface area contributed by atoms with Crippen molar-refractivity contribution in [2.75, 3.05) is 6.61 Å². The molecule has 0 aromatic carbocycles. The topological polar surface area (TPSA) is 188 Å². The molecule has 10 heteroatoms. The number of aliphatic hydroxyl groups is 3. The standard InChI is InChI=1S/C10H14N2O6.2H2O/c1-10(17)7(15)5(4-13)18-8(10)12-3-2-6(14)11-9(12)16;;/h2-3,5,7-8,13,15,17H,4H2,1H3,(H,11,14,16);2*1H2/t5-,7-,8-,10-;;/m1../s1. The van der Waals surface area contributed by atoms with E-state index in [1.165, 1.54) is 6.92 Å². The lowest BCUT2D eigenvalue weighted by atomic mass is 9.96. The maximum absolute atomic E-state index is 11.6. The monoisotopic (exact) mass is 294 g/mol. The van der Waals surface area contributed by atoms with Crippen molar-refractivity contribution in [1.82, 2.24) is 9.55 Å². The molecule has 116 valence electrons. The number of aromatic amines is 1. The molecule has 10 nitrogen and oxygen atoms in total. The molecule has 1 aromatic rings. The van der Waals surface area contributed by atoms with Crippen LogP contribution in [-0.4, -0.2) is 60.2 Å². The number of ether oxygens (including phenoxy) is 1. The van der Waals surface area contributed by atoms with Gasteiger partial charge in [0.15, 0.2) is 6.23 Å². The van der Waals surface area contributed by atoms with Crippen LogP contribution in [0.25, 0.3) is 0 Å². The molecule has 0 radical (unpaired) electrons. The maximum Gasteiger partial charge on any atom is 0.330 e. The molecule has 0 amide bonds. The van der Waals surface area contributed by atoms with Crippen molar-refractivity contribution in [2.45, 2.75) is 31.0 Å². The third kappa shape index (κ3) is 2.80. The van der Waals surface area contributed by atoms with E-state index in [0.29, 0.717) is 0 Å². The third-order valence-corrected chi connectivity index (χ3v) is 3.04. The number of aromatic nitrogens is 2. The van der Waals surface area contributed by atoms with Gasteiger partial charge in [-0.2, -0.15) is 0 Å². The van der Waals surface area contributed by atoms with Gasteiger partial charge in [0, 0.05) is 12.3 Å². The average Bonchev–Trinajstić information content (AvgIpc) is 2.52. The summed E-state index contributed by atoms with van der Waals surface area (Å²) < 4.78 is 6.19. The number of aliphatic hydroxyl groups excluding tert-OH is 2. The first-order valence-corrected chi connectivity index (χ1v) is 5.36. The van der Waals surface area contributed by atoms with Gasteiger partial charge < -0.3 is 31.0 Å². The second kappa shape index (κ2) is 6.26. The quantitative estimate of drug-likeness (QED) is 0.428. The Balaban J connectivity index is 0.00000180. The molecule has 20 heavy (non-hydrogen) atoms. The molecule has 0 spiro atoms. The van der Waals surface area contributed by atoms with E-state index < -0.39 is 41.9 Å². The van der Waals surface area contributed by atoms with E-state index in [1.807, 2.05) is 4.98 Å². The van der Waals surface area contributed by atoms with Gasteiger partial charge in [0.1, 0.15) is 17.8 Å². The Bertz CT molecular complexity index is 551. The molecule has 2 heterocycles. The van der Waals surface area contributed by atoms with Gasteiger partial charge in [-0.25, -0.2) is 4.79 Å². The van der Waals surface area contributed by atoms with Crippen molar-refractivity contribution in [3.05, 3.63) is 33.1 Å². The first-order valence-electron chi connectivity index (χ1n) is 5.36. The predicted molar refractivity (Wildman–Crippen MR) is 66.2 cm³/mol. The Morgan fingerprint density at radius 1 is 1.45 bits per heavy atom. The zero-order chi connectivity index (χ0) is 13.5. The van der Waals surface area contributed by atoms with Gasteiger partial charge in [-0.05, 0) is 6.92 Å². The van der Waals surface area contributed by atoms with E-state index in [4.69, 9.17) is 9.84 Å². The molecule has 1 saturated heterocycles. The number of nitrogens with zero attached hydrogens (tertiary/aromatic N) is 1. The summed E-state index contributed by atoms with van der Waals surface area (Å²) in [7, 11) is 0. The normalized spacial score (nSPS) is 32.3. The lowest BCUT2D eigenvalue weighted by molar-refractivity contribution is -0.0987. The molecule has 0 saturated carbocycles. The highest BCUT2D eigenvalue weighted by atomic mass is 16.6. The Morgan fingerprint density at radius 3 is 2.50 bits per heavy atom. The van der Waals surface area contributed by atoms with Gasteiger partial charge in [-0.15, -0.1) is 0 Å². The van der Waals surface area contributed by atoms with Crippen LogP contribution in [0.2, 0.25) is 0 Å². The second-order valence-electron chi connectivity index (χ2n) is 4.40. The van der Waals surface area contributed by atoms with Crippen molar-refractivity contribution < 1.29 is 31.0 Å². The van der Waals surface area contributed by atoms with Gasteiger partial charge in [-0.3, -0.25) is 14.3 Å². The van der Waals surface area contributed by atoms with Gasteiger partial charge in [0.2, 0.25) is 0 Å². The van der Waals surface area contributed by atoms with Crippen LogP contribution in [0.1, 0.15) is 13.2 Å². The summed E-state index contributed by atoms with van der Waals surface area (Å²) in [5.41, 5.74) is -3.10. The fourth-order valence-electron chi connectivity index (χ4n) is 2.00. The summed E-state index contributed by atoms with van der Waals surface area (Å²) in [6.07, 6.45) is -2.36. The molecule has 1 aromatic heterocycles. The molecular weight excluding hydrogens is 276 g/mol. The number of H-pyrrole nitrogens is 1. The fourth-order valence-corrected chi connectivity index (χ4v) is 2.00. The van der Waals surface area contributed by atoms with E-state index in [2.05, 4.69) is 0 Å². The predicted octanol–water partition coefficient (Wildman–Crippen LogP) is -4.11. The minimum Gasteiger partial charge on any atom is -0.412 e. The highest BCUT2D eigenvalue weighted by molar-refractivity contribution is 5.00. The van der Waals surface area contributed by atoms with Gasteiger partial charge >= 0.3 is 5.69 Å². The van der Waals surface area contributed by atoms with Crippen molar-refractivity contribution >= 4 is 0 Å². The van der Waals surface area contributed by atoms with E-state index in [9.17, 15) is 19.8 Å². The first-order chi connectivity index (χ1) is 8.37. The van der Waals surface area contributed by atoms with E-state index in [0.717, 1.165) is 16.8 Å². The van der Waals surface area contributed by atoms with Crippen molar-refractivity contribution in [2.24, 2.45) is 0 Å². The highest BCUT2D eigenvalue weighted by Crippen LogP contribution is 2.36. The van der Waals surface area contributed by atoms with Gasteiger partial charge in [0.25, 0.3) is 5.56 Å². The lowest BCUT2D eigenvalue weighted by Gasteiger charge is -2.27. The summed E-state index contributed by atoms with van der Waals surface area (Å²) in [5, 5.41) is 28.9. The van der Waals surface area contributed by atoms with Crippen LogP contribution in [0.3, 0.4) is 0 Å². The molecule has 1 aliphatic rings. The molecule has 0 unspecified atom stereocenters. The van der Waals surface area contributed by atoms with E-state index in [-0.39, 0.29) is 11.0 Å². The average molecular weight is 294 g/mol. The van der Waals surface area contributed by atoms with Crippen LogP contribution >= 0.6 is 0 Å². The van der Waals surface area contributed by atoms with Crippen LogP contribution in [-0.2, 0) is 4.74 Å². The number of hydrogen-bond acceptors (Lipinski definition) is 6. The minimum atomic E-state index is -1.75. The van der Waals surface area contributed by atoms with E-state index in [1.54, 1.807) is 0 Å². The van der Waals surface area contributed by atoms with Gasteiger partial charge in [0.05, 0.1) is 6.61 Å². The molecule has 0 bridgehead atoms. The van der Waals surface area contributed by atoms with Crippen LogP contribution in [0.15, 0.2) is 21.9 Å². The fraction of sp³-hybridized carbons (Fsp3) is 0.600. The number of rotatable bonds is 2. The van der Waals surface area contributed by atoms with Crippen molar-refractivity contribution in [3.8, 4) is 0 Å². The van der Waals surface area contributed by atoms with Crippen molar-refractivity contribution in [3.63, 3.8) is 0 Å². The lowest BCUT2D eigenvalue weighted by Crippen LogP contribution is -2.46. The highest BCUT2D eigenvalue weighted by Gasteiger charge is 2.53. The van der Waals surface area contributed by atoms with Crippen molar-refractivity contribution in [1.29, 1.82) is 0 Å². The Kier molecular flexibility index (Phi) is 5.77. The van der Waals surface area contributed by atoms with E-state index >= 15 is 0 Å².